The molecular weight excluding hydrogens is 405 g/mol. The summed E-state index contributed by atoms with van der Waals surface area (Å²) in [5.41, 5.74) is 2.10. The van der Waals surface area contributed by atoms with Gasteiger partial charge >= 0.3 is 0 Å². The van der Waals surface area contributed by atoms with E-state index in [0.29, 0.717) is 46.2 Å². The summed E-state index contributed by atoms with van der Waals surface area (Å²) in [7, 11) is 1.56. The smallest absolute Gasteiger partial charge is 0.257 e. The molecule has 0 radical (unpaired) electrons. The fourth-order valence-electron chi connectivity index (χ4n) is 3.35. The Morgan fingerprint density at radius 3 is 2.63 bits per heavy atom. The fraction of sp³-hybridized carbons (Fsp3) is 0.227. The van der Waals surface area contributed by atoms with Crippen LogP contribution in [-0.4, -0.2) is 23.9 Å². The lowest BCUT2D eigenvalue weighted by atomic mass is 10.1. The predicted octanol–water partition coefficient (Wildman–Crippen LogP) is 4.52. The Bertz CT molecular complexity index is 1110. The van der Waals surface area contributed by atoms with Crippen LogP contribution in [0, 0.1) is 12.7 Å². The summed E-state index contributed by atoms with van der Waals surface area (Å²) >= 11 is 1.38. The molecule has 30 heavy (non-hydrogen) atoms. The third kappa shape index (κ3) is 4.04. The monoisotopic (exact) mass is 425 g/mol. The molecule has 1 aliphatic rings. The molecule has 3 aromatic rings. The number of aromatic nitrogens is 1. The van der Waals surface area contributed by atoms with E-state index in [1.807, 2.05) is 0 Å². The van der Waals surface area contributed by atoms with Gasteiger partial charge in [-0.2, -0.15) is 0 Å². The molecule has 2 aromatic carbocycles. The number of carbonyl (C=O) groups excluding carboxylic acids is 2. The van der Waals surface area contributed by atoms with E-state index < -0.39 is 5.92 Å². The largest absolute Gasteiger partial charge is 0.497 e. The quantitative estimate of drug-likeness (QED) is 0.630. The first-order chi connectivity index (χ1) is 14.4. The summed E-state index contributed by atoms with van der Waals surface area (Å²) in [5.74, 6) is -0.622. The molecule has 0 spiro atoms. The highest BCUT2D eigenvalue weighted by Crippen LogP contribution is 2.39. The Labute approximate surface area is 177 Å². The van der Waals surface area contributed by atoms with Crippen LogP contribution in [0.25, 0.3) is 0 Å². The maximum absolute atomic E-state index is 13.7. The van der Waals surface area contributed by atoms with Gasteiger partial charge in [0, 0.05) is 16.1 Å². The van der Waals surface area contributed by atoms with Crippen LogP contribution in [0.15, 0.2) is 42.5 Å². The van der Waals surface area contributed by atoms with Crippen molar-refractivity contribution in [3.8, 4) is 5.75 Å². The summed E-state index contributed by atoms with van der Waals surface area (Å²) in [5, 5.41) is 6.02. The van der Waals surface area contributed by atoms with E-state index >= 15 is 0 Å². The maximum Gasteiger partial charge on any atom is 0.257 e. The number of methoxy groups -OCH3 is 1. The molecule has 1 heterocycles. The summed E-state index contributed by atoms with van der Waals surface area (Å²) < 4.78 is 18.8. The number of benzene rings is 2. The van der Waals surface area contributed by atoms with Gasteiger partial charge in [0.15, 0.2) is 5.13 Å². The average Bonchev–Trinajstić information content (AvgIpc) is 3.31. The van der Waals surface area contributed by atoms with Gasteiger partial charge in [-0.25, -0.2) is 9.37 Å². The van der Waals surface area contributed by atoms with Crippen molar-refractivity contribution in [3.05, 3.63) is 70.0 Å². The number of nitrogens with zero attached hydrogens (tertiary/aromatic N) is 1. The molecule has 1 unspecified atom stereocenters. The number of fused-ring (bicyclic) bond motifs is 1. The Kier molecular flexibility index (Phi) is 5.50. The Balaban J connectivity index is 1.45. The van der Waals surface area contributed by atoms with E-state index in [1.54, 1.807) is 50.4 Å². The summed E-state index contributed by atoms with van der Waals surface area (Å²) in [6, 6.07) is 11.4. The van der Waals surface area contributed by atoms with Gasteiger partial charge in [-0.1, -0.05) is 6.07 Å². The molecule has 8 heteroatoms. The van der Waals surface area contributed by atoms with Crippen LogP contribution >= 0.6 is 11.3 Å². The number of anilines is 2. The van der Waals surface area contributed by atoms with Crippen LogP contribution in [0.2, 0.25) is 0 Å². The minimum Gasteiger partial charge on any atom is -0.497 e. The number of nitrogens with one attached hydrogen (secondary N) is 2. The first kappa shape index (κ1) is 20.0. The third-order valence-electron chi connectivity index (χ3n) is 5.05. The molecule has 1 atom stereocenters. The molecule has 0 saturated heterocycles. The first-order valence-corrected chi connectivity index (χ1v) is 10.3. The zero-order chi connectivity index (χ0) is 21.3. The number of aryl methyl sites for hydroxylation is 2. The number of ether oxygens (including phenoxy) is 1. The molecule has 154 valence electrons. The topological polar surface area (TPSA) is 80.3 Å². The minimum absolute atomic E-state index is 0.227. The van der Waals surface area contributed by atoms with Crippen molar-refractivity contribution < 1.29 is 18.7 Å². The molecule has 2 N–H and O–H groups in total. The second-order valence-corrected chi connectivity index (χ2v) is 8.14. The lowest BCUT2D eigenvalue weighted by molar-refractivity contribution is -0.117. The van der Waals surface area contributed by atoms with E-state index in [0.717, 1.165) is 4.88 Å². The van der Waals surface area contributed by atoms with Gasteiger partial charge in [0.05, 0.1) is 18.7 Å². The molecule has 2 amide bonds. The van der Waals surface area contributed by atoms with E-state index in [4.69, 9.17) is 4.74 Å². The van der Waals surface area contributed by atoms with Crippen molar-refractivity contribution >= 4 is 34.0 Å². The Morgan fingerprint density at radius 2 is 1.93 bits per heavy atom. The average molecular weight is 425 g/mol. The van der Waals surface area contributed by atoms with Crippen molar-refractivity contribution in [2.45, 2.75) is 25.7 Å². The molecule has 1 aromatic heterocycles. The molecular formula is C22H20FN3O3S. The summed E-state index contributed by atoms with van der Waals surface area (Å²) in [6.45, 7) is 1.67. The van der Waals surface area contributed by atoms with Crippen LogP contribution in [0.4, 0.5) is 15.2 Å². The van der Waals surface area contributed by atoms with Gasteiger partial charge in [0.2, 0.25) is 5.91 Å². The number of thiazole rings is 1. The van der Waals surface area contributed by atoms with E-state index in [-0.39, 0.29) is 17.6 Å². The van der Waals surface area contributed by atoms with E-state index in [1.165, 1.54) is 17.4 Å². The number of amides is 2. The zero-order valence-electron chi connectivity index (χ0n) is 16.5. The van der Waals surface area contributed by atoms with Gasteiger partial charge in [-0.3, -0.25) is 14.9 Å². The predicted molar refractivity (Wildman–Crippen MR) is 114 cm³/mol. The number of hydrogen-bond donors (Lipinski definition) is 2. The van der Waals surface area contributed by atoms with Crippen molar-refractivity contribution in [2.75, 3.05) is 17.7 Å². The molecule has 0 bridgehead atoms. The SMILES string of the molecule is COc1ccc(C(=O)Nc2nc3c(s2)CCC3C(=O)Nc2ccc(C)c(F)c2)cc1. The van der Waals surface area contributed by atoms with Gasteiger partial charge in [0.25, 0.3) is 5.91 Å². The van der Waals surface area contributed by atoms with Crippen LogP contribution < -0.4 is 15.4 Å². The highest BCUT2D eigenvalue weighted by Gasteiger charge is 2.33. The van der Waals surface area contributed by atoms with Gasteiger partial charge in [-0.15, -0.1) is 11.3 Å². The van der Waals surface area contributed by atoms with Crippen molar-refractivity contribution in [3.63, 3.8) is 0 Å². The number of hydrogen-bond acceptors (Lipinski definition) is 5. The van der Waals surface area contributed by atoms with E-state index in [9.17, 15) is 14.0 Å². The van der Waals surface area contributed by atoms with Gasteiger partial charge in [0.1, 0.15) is 11.6 Å². The molecule has 6 nitrogen and oxygen atoms in total. The molecule has 4 rings (SSSR count). The Morgan fingerprint density at radius 1 is 1.17 bits per heavy atom. The summed E-state index contributed by atoms with van der Waals surface area (Å²) in [4.78, 5) is 30.6. The maximum atomic E-state index is 13.7. The first-order valence-electron chi connectivity index (χ1n) is 9.46. The van der Waals surface area contributed by atoms with Crippen molar-refractivity contribution in [1.29, 1.82) is 0 Å². The second-order valence-electron chi connectivity index (χ2n) is 7.05. The number of carbonyl (C=O) groups is 2. The number of rotatable bonds is 5. The lowest BCUT2D eigenvalue weighted by Gasteiger charge is -2.11. The lowest BCUT2D eigenvalue weighted by Crippen LogP contribution is -2.20. The van der Waals surface area contributed by atoms with Crippen molar-refractivity contribution in [1.82, 2.24) is 4.98 Å². The minimum atomic E-state index is -0.424. The normalized spacial score (nSPS) is 14.8. The van der Waals surface area contributed by atoms with Crippen molar-refractivity contribution in [2.24, 2.45) is 0 Å². The number of halogens is 1. The van der Waals surface area contributed by atoms with E-state index in [2.05, 4.69) is 15.6 Å². The fourth-order valence-corrected chi connectivity index (χ4v) is 4.38. The molecule has 0 aliphatic heterocycles. The van der Waals surface area contributed by atoms with Crippen LogP contribution in [-0.2, 0) is 11.2 Å². The second kappa shape index (κ2) is 8.23. The summed E-state index contributed by atoms with van der Waals surface area (Å²) in [6.07, 6.45) is 1.35. The Hall–Kier alpha value is -3.26. The standard InChI is InChI=1S/C22H20FN3O3S/c1-12-3-6-14(11-17(12)23)24-21(28)16-9-10-18-19(16)25-22(30-18)26-20(27)13-4-7-15(29-2)8-5-13/h3-8,11,16H,9-10H2,1-2H3,(H,24,28)(H,25,26,27). The van der Waals surface area contributed by atoms with Crippen LogP contribution in [0.5, 0.6) is 5.75 Å². The van der Waals surface area contributed by atoms with Gasteiger partial charge in [-0.05, 0) is 61.7 Å². The molecule has 0 fully saturated rings. The van der Waals surface area contributed by atoms with Gasteiger partial charge < -0.3 is 10.1 Å². The third-order valence-corrected chi connectivity index (χ3v) is 6.09. The van der Waals surface area contributed by atoms with Crippen LogP contribution in [0.3, 0.4) is 0 Å². The highest BCUT2D eigenvalue weighted by molar-refractivity contribution is 7.16. The van der Waals surface area contributed by atoms with Crippen LogP contribution in [0.1, 0.15) is 38.8 Å². The molecule has 1 aliphatic carbocycles. The highest BCUT2D eigenvalue weighted by atomic mass is 32.1. The zero-order valence-corrected chi connectivity index (χ0v) is 17.3. The molecule has 0 saturated carbocycles.